The number of nitrogens with one attached hydrogen (secondary N) is 1. The van der Waals surface area contributed by atoms with Gasteiger partial charge >= 0.3 is 0 Å². The second kappa shape index (κ2) is 9.68. The quantitative estimate of drug-likeness (QED) is 0.683. The van der Waals surface area contributed by atoms with Gasteiger partial charge in [-0.15, -0.1) is 0 Å². The zero-order valence-electron chi connectivity index (χ0n) is 9.85. The Bertz CT molecular complexity index is 126. The normalized spacial score (nSPS) is 25.1. The van der Waals surface area contributed by atoms with Gasteiger partial charge in [0.05, 0.1) is 13.2 Å². The van der Waals surface area contributed by atoms with E-state index in [2.05, 4.69) is 10.3 Å². The Kier molecular flexibility index (Phi) is 11.2. The van der Waals surface area contributed by atoms with Crippen molar-refractivity contribution in [2.75, 3.05) is 20.2 Å². The predicted molar refractivity (Wildman–Crippen MR) is 59.5 cm³/mol. The first-order chi connectivity index (χ1) is 6.27. The second-order valence-electron chi connectivity index (χ2n) is 2.24. The van der Waals surface area contributed by atoms with Crippen LogP contribution in [0.15, 0.2) is 4.99 Å². The van der Waals surface area contributed by atoms with Crippen molar-refractivity contribution in [2.24, 2.45) is 4.99 Å². The molecule has 0 aromatic carbocycles. The minimum absolute atomic E-state index is 0.321. The molecule has 3 nitrogen and oxygen atoms in total. The van der Waals surface area contributed by atoms with Gasteiger partial charge in [-0.05, 0) is 14.0 Å². The molecule has 0 saturated carbocycles. The number of ether oxygens (including phenoxy) is 1. The highest BCUT2D eigenvalue weighted by Crippen LogP contribution is 2.04. The SMILES string of the molecule is CC.CC.CNC1(C)C=NCCO1. The molecule has 1 rings (SSSR count). The maximum absolute atomic E-state index is 5.35. The van der Waals surface area contributed by atoms with Gasteiger partial charge < -0.3 is 4.74 Å². The first-order valence-corrected chi connectivity index (χ1v) is 5.11. The van der Waals surface area contributed by atoms with Gasteiger partial charge in [0.25, 0.3) is 0 Å². The molecule has 0 amide bonds. The molecule has 80 valence electrons. The first-order valence-electron chi connectivity index (χ1n) is 5.11. The van der Waals surface area contributed by atoms with Crippen LogP contribution in [0.3, 0.4) is 0 Å². The Morgan fingerprint density at radius 3 is 2.08 bits per heavy atom. The van der Waals surface area contributed by atoms with E-state index in [1.54, 1.807) is 6.21 Å². The van der Waals surface area contributed by atoms with Crippen molar-refractivity contribution in [3.05, 3.63) is 0 Å². The largest absolute Gasteiger partial charge is 0.354 e. The van der Waals surface area contributed by atoms with Gasteiger partial charge in [0.1, 0.15) is 0 Å². The lowest BCUT2D eigenvalue weighted by atomic mass is 10.3. The Morgan fingerprint density at radius 2 is 1.85 bits per heavy atom. The highest BCUT2D eigenvalue weighted by molar-refractivity contribution is 5.67. The van der Waals surface area contributed by atoms with Crippen molar-refractivity contribution in [3.8, 4) is 0 Å². The van der Waals surface area contributed by atoms with Crippen LogP contribution in [0.1, 0.15) is 34.6 Å². The summed E-state index contributed by atoms with van der Waals surface area (Å²) < 4.78 is 5.35. The molecule has 0 saturated heterocycles. The summed E-state index contributed by atoms with van der Waals surface area (Å²) in [4.78, 5) is 4.09. The molecule has 1 heterocycles. The molecule has 0 aromatic heterocycles. The number of aliphatic imine (C=N–C) groups is 1. The molecule has 1 aliphatic heterocycles. The summed E-state index contributed by atoms with van der Waals surface area (Å²) in [5, 5.41) is 3.01. The summed E-state index contributed by atoms with van der Waals surface area (Å²) in [5.74, 6) is 0. The summed E-state index contributed by atoms with van der Waals surface area (Å²) in [6, 6.07) is 0. The first kappa shape index (κ1) is 15.1. The van der Waals surface area contributed by atoms with Gasteiger partial charge in [-0.1, -0.05) is 27.7 Å². The van der Waals surface area contributed by atoms with Crippen molar-refractivity contribution in [3.63, 3.8) is 0 Å². The van der Waals surface area contributed by atoms with E-state index in [9.17, 15) is 0 Å². The molecule has 0 radical (unpaired) electrons. The van der Waals surface area contributed by atoms with Crippen molar-refractivity contribution >= 4 is 6.21 Å². The maximum atomic E-state index is 5.35. The highest BCUT2D eigenvalue weighted by Gasteiger charge is 2.21. The van der Waals surface area contributed by atoms with E-state index in [1.807, 2.05) is 41.7 Å². The lowest BCUT2D eigenvalue weighted by molar-refractivity contribution is 0.00242. The third-order valence-electron chi connectivity index (χ3n) is 1.46. The van der Waals surface area contributed by atoms with Crippen molar-refractivity contribution in [2.45, 2.75) is 40.3 Å². The van der Waals surface area contributed by atoms with Crippen LogP contribution in [0, 0.1) is 0 Å². The number of rotatable bonds is 1. The zero-order chi connectivity index (χ0) is 10.7. The summed E-state index contributed by atoms with van der Waals surface area (Å²) in [7, 11) is 1.86. The Labute approximate surface area is 82.6 Å². The third-order valence-corrected chi connectivity index (χ3v) is 1.46. The molecule has 1 atom stereocenters. The molecule has 3 heteroatoms. The fraction of sp³-hybridized carbons (Fsp3) is 0.900. The molecule has 1 aliphatic rings. The van der Waals surface area contributed by atoms with E-state index >= 15 is 0 Å². The van der Waals surface area contributed by atoms with E-state index in [0.717, 1.165) is 6.54 Å². The van der Waals surface area contributed by atoms with Gasteiger partial charge in [-0.25, -0.2) is 0 Å². The zero-order valence-corrected chi connectivity index (χ0v) is 9.85. The average molecular weight is 188 g/mol. The van der Waals surface area contributed by atoms with E-state index in [0.29, 0.717) is 6.61 Å². The topological polar surface area (TPSA) is 33.6 Å². The smallest absolute Gasteiger partial charge is 0.152 e. The number of hydrogen-bond acceptors (Lipinski definition) is 3. The minimum atomic E-state index is -0.321. The van der Waals surface area contributed by atoms with Crippen LogP contribution in [0.2, 0.25) is 0 Å². The maximum Gasteiger partial charge on any atom is 0.152 e. The van der Waals surface area contributed by atoms with Gasteiger partial charge in [0.2, 0.25) is 0 Å². The molecule has 1 unspecified atom stereocenters. The standard InChI is InChI=1S/C6H12N2O.2C2H6/c1-6(7-2)5-8-3-4-9-6;2*1-2/h5,7H,3-4H2,1-2H3;2*1-2H3. The van der Waals surface area contributed by atoms with Crippen LogP contribution in [0.5, 0.6) is 0 Å². The van der Waals surface area contributed by atoms with E-state index in [4.69, 9.17) is 4.74 Å². The highest BCUT2D eigenvalue weighted by atomic mass is 16.5. The van der Waals surface area contributed by atoms with Crippen LogP contribution in [-0.2, 0) is 4.74 Å². The van der Waals surface area contributed by atoms with Gasteiger partial charge in [0, 0.05) is 6.21 Å². The van der Waals surface area contributed by atoms with Crippen LogP contribution < -0.4 is 5.32 Å². The summed E-state index contributed by atoms with van der Waals surface area (Å²) in [6.45, 7) is 11.5. The van der Waals surface area contributed by atoms with Gasteiger partial charge in [-0.2, -0.15) is 0 Å². The molecule has 13 heavy (non-hydrogen) atoms. The van der Waals surface area contributed by atoms with Crippen molar-refractivity contribution < 1.29 is 4.74 Å². The van der Waals surface area contributed by atoms with E-state index < -0.39 is 0 Å². The third kappa shape index (κ3) is 6.72. The summed E-state index contributed by atoms with van der Waals surface area (Å²) in [6.07, 6.45) is 1.80. The second-order valence-corrected chi connectivity index (χ2v) is 2.24. The Morgan fingerprint density at radius 1 is 1.31 bits per heavy atom. The van der Waals surface area contributed by atoms with E-state index in [-0.39, 0.29) is 5.72 Å². The molecule has 0 spiro atoms. The molecule has 0 aromatic rings. The Hall–Kier alpha value is -0.410. The van der Waals surface area contributed by atoms with Gasteiger partial charge in [-0.3, -0.25) is 10.3 Å². The van der Waals surface area contributed by atoms with Crippen LogP contribution in [0.25, 0.3) is 0 Å². The lowest BCUT2D eigenvalue weighted by Crippen LogP contribution is -2.46. The van der Waals surface area contributed by atoms with Crippen LogP contribution in [0.4, 0.5) is 0 Å². The monoisotopic (exact) mass is 188 g/mol. The number of hydrogen-bond donors (Lipinski definition) is 1. The lowest BCUT2D eigenvalue weighted by Gasteiger charge is -2.27. The summed E-state index contributed by atoms with van der Waals surface area (Å²) >= 11 is 0. The summed E-state index contributed by atoms with van der Waals surface area (Å²) in [5.41, 5.74) is -0.321. The van der Waals surface area contributed by atoms with Crippen LogP contribution in [-0.4, -0.2) is 32.1 Å². The molecular weight excluding hydrogens is 164 g/mol. The van der Waals surface area contributed by atoms with Crippen molar-refractivity contribution in [1.29, 1.82) is 0 Å². The van der Waals surface area contributed by atoms with Crippen LogP contribution >= 0.6 is 0 Å². The molecular formula is C10H24N2O. The molecule has 1 N–H and O–H groups in total. The minimum Gasteiger partial charge on any atom is -0.354 e. The van der Waals surface area contributed by atoms with Gasteiger partial charge in [0.15, 0.2) is 5.72 Å². The predicted octanol–water partition coefficient (Wildman–Crippen LogP) is 2.08. The fourth-order valence-electron chi connectivity index (χ4n) is 0.723. The number of nitrogens with zero attached hydrogens (tertiary/aromatic N) is 1. The van der Waals surface area contributed by atoms with Crippen molar-refractivity contribution in [1.82, 2.24) is 5.32 Å². The van der Waals surface area contributed by atoms with E-state index in [1.165, 1.54) is 0 Å². The molecule has 0 bridgehead atoms. The Balaban J connectivity index is 0. The average Bonchev–Trinajstić information content (AvgIpc) is 2.25. The molecule has 0 fully saturated rings. The fourth-order valence-corrected chi connectivity index (χ4v) is 0.723. The molecule has 0 aliphatic carbocycles.